The highest BCUT2D eigenvalue weighted by atomic mass is 35.5. The van der Waals surface area contributed by atoms with Crippen LogP contribution in [0.5, 0.6) is 5.75 Å². The van der Waals surface area contributed by atoms with E-state index in [9.17, 15) is 13.6 Å². The van der Waals surface area contributed by atoms with E-state index >= 15 is 0 Å². The van der Waals surface area contributed by atoms with Crippen molar-refractivity contribution in [3.8, 4) is 11.4 Å². The molecule has 3 rings (SSSR count). The van der Waals surface area contributed by atoms with Crippen LogP contribution in [0.4, 0.5) is 14.6 Å². The summed E-state index contributed by atoms with van der Waals surface area (Å²) in [6, 6.07) is 3.30. The van der Waals surface area contributed by atoms with Gasteiger partial charge in [-0.3, -0.25) is 19.4 Å². The minimum absolute atomic E-state index is 0.109. The smallest absolute Gasteiger partial charge is 0.277 e. The molecule has 12 heteroatoms. The molecule has 1 aliphatic carbocycles. The third-order valence-electron chi connectivity index (χ3n) is 5.41. The van der Waals surface area contributed by atoms with Crippen molar-refractivity contribution in [3.63, 3.8) is 0 Å². The van der Waals surface area contributed by atoms with Crippen LogP contribution in [0.25, 0.3) is 5.69 Å². The highest BCUT2D eigenvalue weighted by molar-refractivity contribution is 6.31. The Morgan fingerprint density at radius 3 is 2.59 bits per heavy atom. The number of hydrogen-bond donors (Lipinski definition) is 2. The normalized spacial score (nSPS) is 13.2. The number of carbonyl (C=O) groups is 1. The number of pyridine rings is 2. The predicted octanol–water partition coefficient (Wildman–Crippen LogP) is 5.02. The summed E-state index contributed by atoms with van der Waals surface area (Å²) in [5.41, 5.74) is 5.86. The Morgan fingerprint density at radius 2 is 1.97 bits per heavy atom. The number of anilines is 1. The first-order valence-electron chi connectivity index (χ1n) is 12.0. The van der Waals surface area contributed by atoms with Gasteiger partial charge in [-0.2, -0.15) is 0 Å². The molecule has 1 saturated carbocycles. The lowest BCUT2D eigenvalue weighted by atomic mass is 10.2. The Balaban J connectivity index is 0.00000181. The van der Waals surface area contributed by atoms with Crippen molar-refractivity contribution in [1.82, 2.24) is 9.55 Å². The number of ether oxygens (including phenoxy) is 1. The monoisotopic (exact) mass is 564 g/mol. The summed E-state index contributed by atoms with van der Waals surface area (Å²) in [6.07, 6.45) is 10.1. The number of aromatic nitrogens is 2. The van der Waals surface area contributed by atoms with Gasteiger partial charge in [0.1, 0.15) is 35.0 Å². The van der Waals surface area contributed by atoms with Crippen LogP contribution in [0.2, 0.25) is 5.02 Å². The first kappa shape index (κ1) is 33.4. The van der Waals surface area contributed by atoms with E-state index in [1.807, 2.05) is 19.8 Å². The Hall–Kier alpha value is -3.67. The zero-order valence-corrected chi connectivity index (χ0v) is 23.1. The number of allylic oxidation sites excluding steroid dienone is 3. The van der Waals surface area contributed by atoms with Gasteiger partial charge in [-0.15, -0.1) is 0 Å². The van der Waals surface area contributed by atoms with Crippen LogP contribution in [0.15, 0.2) is 64.3 Å². The topological polar surface area (TPSA) is 129 Å². The zero-order valence-electron chi connectivity index (χ0n) is 22.4. The van der Waals surface area contributed by atoms with Gasteiger partial charge in [0.25, 0.3) is 5.56 Å². The molecule has 1 fully saturated rings. The third-order valence-corrected chi connectivity index (χ3v) is 5.75. The number of nitrogens with two attached hydrogens (primary N) is 2. The van der Waals surface area contributed by atoms with Crippen LogP contribution < -0.4 is 26.9 Å². The van der Waals surface area contributed by atoms with Gasteiger partial charge >= 0.3 is 0 Å². The lowest BCUT2D eigenvalue weighted by molar-refractivity contribution is -0.0980. The molecule has 0 radical (unpaired) electrons. The highest BCUT2D eigenvalue weighted by Crippen LogP contribution is 2.32. The molecule has 0 unspecified atom stereocenters. The second-order valence-electron chi connectivity index (χ2n) is 8.29. The molecule has 39 heavy (non-hydrogen) atoms. The van der Waals surface area contributed by atoms with Crippen LogP contribution in [-0.4, -0.2) is 36.7 Å². The average Bonchev–Trinajstić information content (AvgIpc) is 3.75. The van der Waals surface area contributed by atoms with Gasteiger partial charge in [0, 0.05) is 42.7 Å². The zero-order chi connectivity index (χ0) is 29.5. The lowest BCUT2D eigenvalue weighted by Gasteiger charge is -2.18. The van der Waals surface area contributed by atoms with E-state index in [0.717, 1.165) is 24.1 Å². The van der Waals surface area contributed by atoms with Crippen molar-refractivity contribution in [2.45, 2.75) is 39.5 Å². The largest absolute Gasteiger partial charge is 0.491 e. The van der Waals surface area contributed by atoms with Crippen molar-refractivity contribution in [2.24, 2.45) is 22.5 Å². The standard InChI is InChI=1S/C25H28ClF2N5O2.CH5N.CH2O/c1-16-14-31-23(32(29)9-4-5-18-6-7-18)13-21(16)33-17(2)11-22(24(26)25(33)34)35-10-8-19(27)12-20(28)15-30-3;2*1-2/h4,9,11-15,18H,3,5-8,10,29H2,1-2H3;2H2,1H3;1H2/b9-4-,19-12+,20-15+;;. The van der Waals surface area contributed by atoms with E-state index in [-0.39, 0.29) is 23.8 Å². The number of hydrogen-bond acceptors (Lipinski definition) is 8. The maximum atomic E-state index is 13.8. The Labute approximate surface area is 232 Å². The minimum atomic E-state index is -0.865. The molecule has 2 aromatic heterocycles. The molecule has 0 aromatic carbocycles. The minimum Gasteiger partial charge on any atom is -0.491 e. The highest BCUT2D eigenvalue weighted by Gasteiger charge is 2.19. The van der Waals surface area contributed by atoms with Gasteiger partial charge in [0.15, 0.2) is 0 Å². The maximum Gasteiger partial charge on any atom is 0.277 e. The van der Waals surface area contributed by atoms with Crippen LogP contribution in [0.1, 0.15) is 36.9 Å². The van der Waals surface area contributed by atoms with Gasteiger partial charge in [0.2, 0.25) is 0 Å². The summed E-state index contributed by atoms with van der Waals surface area (Å²) >= 11 is 6.30. The first-order chi connectivity index (χ1) is 18.7. The molecule has 0 saturated heterocycles. The van der Waals surface area contributed by atoms with E-state index in [2.05, 4.69) is 22.4 Å². The van der Waals surface area contributed by atoms with Crippen molar-refractivity contribution >= 4 is 30.9 Å². The van der Waals surface area contributed by atoms with Crippen LogP contribution in [0, 0.1) is 19.8 Å². The fraction of sp³-hybridized carbons (Fsp3) is 0.333. The Morgan fingerprint density at radius 1 is 1.31 bits per heavy atom. The van der Waals surface area contributed by atoms with Crippen LogP contribution in [-0.2, 0) is 4.79 Å². The molecule has 0 aliphatic heterocycles. The van der Waals surface area contributed by atoms with Crippen LogP contribution >= 0.6 is 11.6 Å². The fourth-order valence-corrected chi connectivity index (χ4v) is 3.57. The first-order valence-corrected chi connectivity index (χ1v) is 12.4. The molecule has 0 bridgehead atoms. The molecule has 1 aliphatic rings. The van der Waals surface area contributed by atoms with Gasteiger partial charge in [0.05, 0.1) is 18.5 Å². The van der Waals surface area contributed by atoms with E-state index < -0.39 is 17.2 Å². The summed E-state index contributed by atoms with van der Waals surface area (Å²) in [5, 5.41) is 1.25. The fourth-order valence-electron chi connectivity index (χ4n) is 3.37. The molecule has 9 nitrogen and oxygen atoms in total. The number of halogens is 3. The second-order valence-corrected chi connectivity index (χ2v) is 8.67. The third kappa shape index (κ3) is 10.2. The van der Waals surface area contributed by atoms with Crippen molar-refractivity contribution in [2.75, 3.05) is 18.7 Å². The number of aryl methyl sites for hydroxylation is 2. The van der Waals surface area contributed by atoms with Gasteiger partial charge in [-0.1, -0.05) is 17.7 Å². The van der Waals surface area contributed by atoms with E-state index in [1.165, 1.54) is 29.5 Å². The van der Waals surface area contributed by atoms with Crippen molar-refractivity contribution in [1.29, 1.82) is 0 Å². The molecule has 2 aromatic rings. The summed E-state index contributed by atoms with van der Waals surface area (Å²) in [5.74, 6) is 5.84. The quantitative estimate of drug-likeness (QED) is 0.170. The SMILES string of the molecule is C=N/C=C(F)\C=C(\F)CCOc1cc(C)n(-c2cc(N(N)/C=C\CC3CC3)ncc2C)c(=O)c1Cl.C=O.CN. The van der Waals surface area contributed by atoms with E-state index in [4.69, 9.17) is 27.0 Å². The number of aliphatic imine (C=N–C) groups is 1. The number of nitrogens with zero attached hydrogens (tertiary/aromatic N) is 4. The molecular formula is C27H35ClF2N6O3. The number of rotatable bonds is 11. The lowest BCUT2D eigenvalue weighted by Crippen LogP contribution is -2.27. The van der Waals surface area contributed by atoms with Crippen molar-refractivity contribution < 1.29 is 18.3 Å². The van der Waals surface area contributed by atoms with E-state index in [0.29, 0.717) is 23.3 Å². The summed E-state index contributed by atoms with van der Waals surface area (Å²) in [7, 11) is 1.50. The molecule has 0 amide bonds. The summed E-state index contributed by atoms with van der Waals surface area (Å²) in [6.45, 7) is 8.50. The molecule has 0 spiro atoms. The number of carbonyl (C=O) groups excluding carboxylic acids is 1. The molecular weight excluding hydrogens is 530 g/mol. The van der Waals surface area contributed by atoms with E-state index in [1.54, 1.807) is 31.5 Å². The summed E-state index contributed by atoms with van der Waals surface area (Å²) in [4.78, 5) is 28.7. The summed E-state index contributed by atoms with van der Waals surface area (Å²) < 4.78 is 34.0. The average molecular weight is 565 g/mol. The number of hydrazine groups is 1. The van der Waals surface area contributed by atoms with Gasteiger partial charge in [-0.05, 0) is 58.4 Å². The molecule has 2 heterocycles. The second kappa shape index (κ2) is 17.0. The van der Waals surface area contributed by atoms with Crippen molar-refractivity contribution in [3.05, 3.63) is 81.2 Å². The maximum absolute atomic E-state index is 13.8. The van der Waals surface area contributed by atoms with Gasteiger partial charge < -0.3 is 15.3 Å². The molecule has 0 atom stereocenters. The molecule has 212 valence electrons. The predicted molar refractivity (Wildman–Crippen MR) is 153 cm³/mol. The molecule has 4 N–H and O–H groups in total. The van der Waals surface area contributed by atoms with Crippen LogP contribution in [0.3, 0.4) is 0 Å². The Kier molecular flexibility index (Phi) is 14.6. The Bertz CT molecular complexity index is 1260. The van der Waals surface area contributed by atoms with Gasteiger partial charge in [-0.25, -0.2) is 19.6 Å².